The summed E-state index contributed by atoms with van der Waals surface area (Å²) in [5.74, 6) is -2.77. The van der Waals surface area contributed by atoms with Gasteiger partial charge in [0.2, 0.25) is 11.8 Å². The number of nitrogens with zero attached hydrogens (tertiary/aromatic N) is 3. The fourth-order valence-electron chi connectivity index (χ4n) is 1.30. The summed E-state index contributed by atoms with van der Waals surface area (Å²) < 4.78 is 37.2. The molecule has 0 aliphatic carbocycles. The third-order valence-electron chi connectivity index (χ3n) is 2.05. The first-order valence-electron chi connectivity index (χ1n) is 5.46. The molecule has 2 aromatic rings. The minimum Gasteiger partial charge on any atom is -0.464 e. The first kappa shape index (κ1) is 14.4. The van der Waals surface area contributed by atoms with Gasteiger partial charge >= 0.3 is 12.0 Å². The Hall–Kier alpha value is -2.03. The molecule has 0 amide bonds. The summed E-state index contributed by atoms with van der Waals surface area (Å²) in [4.78, 5) is 11.1. The molecule has 0 spiro atoms. The van der Waals surface area contributed by atoms with E-state index in [2.05, 4.69) is 30.9 Å². The van der Waals surface area contributed by atoms with Crippen LogP contribution < -0.4 is 15.2 Å². The van der Waals surface area contributed by atoms with Crippen molar-refractivity contribution >= 4 is 21.9 Å². The monoisotopic (exact) mass is 346 g/mol. The van der Waals surface area contributed by atoms with Crippen molar-refractivity contribution < 1.29 is 18.3 Å². The average molecular weight is 347 g/mol. The molecule has 0 aliphatic rings. The zero-order valence-corrected chi connectivity index (χ0v) is 11.8. The van der Waals surface area contributed by atoms with Crippen LogP contribution in [-0.2, 0) is 0 Å². The van der Waals surface area contributed by atoms with Crippen molar-refractivity contribution in [2.24, 2.45) is 0 Å². The number of anilines is 1. The van der Waals surface area contributed by atoms with Crippen LogP contribution in [0.25, 0.3) is 0 Å². The maximum Gasteiger partial charge on any atom is 0.330 e. The van der Waals surface area contributed by atoms with Crippen LogP contribution in [0.5, 0.6) is 17.8 Å². The number of hydrogen-bond donors (Lipinski definition) is 1. The normalized spacial score (nSPS) is 10.4. The van der Waals surface area contributed by atoms with E-state index in [1.54, 1.807) is 6.92 Å². The predicted molar refractivity (Wildman–Crippen MR) is 69.5 cm³/mol. The second-order valence-electron chi connectivity index (χ2n) is 3.49. The maximum absolute atomic E-state index is 13.6. The molecule has 1 heterocycles. The Kier molecular flexibility index (Phi) is 4.28. The Morgan fingerprint density at radius 1 is 1.20 bits per heavy atom. The molecular weight excluding hydrogens is 338 g/mol. The van der Waals surface area contributed by atoms with Crippen LogP contribution in [0.3, 0.4) is 0 Å². The molecule has 0 saturated carbocycles. The number of nitrogen functional groups attached to an aromatic ring is 1. The Balaban J connectivity index is 2.34. The lowest BCUT2D eigenvalue weighted by atomic mass is 10.3. The van der Waals surface area contributed by atoms with Crippen LogP contribution in [0.15, 0.2) is 16.6 Å². The molecule has 0 saturated heterocycles. The van der Waals surface area contributed by atoms with Crippen molar-refractivity contribution in [2.75, 3.05) is 12.3 Å². The topological polar surface area (TPSA) is 83.2 Å². The van der Waals surface area contributed by atoms with Crippen molar-refractivity contribution in [2.45, 2.75) is 6.92 Å². The van der Waals surface area contributed by atoms with Gasteiger partial charge in [-0.2, -0.15) is 14.4 Å². The van der Waals surface area contributed by atoms with Crippen LogP contribution in [0.2, 0.25) is 0 Å². The van der Waals surface area contributed by atoms with E-state index in [4.69, 9.17) is 15.2 Å². The lowest BCUT2D eigenvalue weighted by molar-refractivity contribution is 0.302. The van der Waals surface area contributed by atoms with E-state index in [1.807, 2.05) is 0 Å². The number of rotatable bonds is 4. The van der Waals surface area contributed by atoms with Gasteiger partial charge in [-0.1, -0.05) is 15.9 Å². The second kappa shape index (κ2) is 5.95. The highest BCUT2D eigenvalue weighted by molar-refractivity contribution is 9.10. The SMILES string of the molecule is CCOc1nc(N)nc(Oc2cc(Br)cc(F)c2F)n1. The van der Waals surface area contributed by atoms with Crippen LogP contribution in [0, 0.1) is 11.6 Å². The van der Waals surface area contributed by atoms with Crippen molar-refractivity contribution in [3.63, 3.8) is 0 Å². The predicted octanol–water partition coefficient (Wildman–Crippen LogP) is 2.69. The first-order chi connectivity index (χ1) is 9.49. The van der Waals surface area contributed by atoms with E-state index in [-0.39, 0.29) is 23.7 Å². The highest BCUT2D eigenvalue weighted by Crippen LogP contribution is 2.28. The molecule has 0 radical (unpaired) electrons. The summed E-state index contributed by atoms with van der Waals surface area (Å²) in [6.45, 7) is 2.03. The fraction of sp³-hybridized carbons (Fsp3) is 0.182. The van der Waals surface area contributed by atoms with E-state index in [0.717, 1.165) is 6.07 Å². The van der Waals surface area contributed by atoms with Gasteiger partial charge in [-0.15, -0.1) is 4.98 Å². The molecule has 2 rings (SSSR count). The van der Waals surface area contributed by atoms with E-state index < -0.39 is 11.6 Å². The number of hydrogen-bond acceptors (Lipinski definition) is 6. The van der Waals surface area contributed by atoms with Crippen LogP contribution in [0.4, 0.5) is 14.7 Å². The molecule has 106 valence electrons. The third-order valence-corrected chi connectivity index (χ3v) is 2.50. The van der Waals surface area contributed by atoms with Crippen LogP contribution >= 0.6 is 15.9 Å². The van der Waals surface area contributed by atoms with Gasteiger partial charge in [-0.05, 0) is 19.1 Å². The van der Waals surface area contributed by atoms with Gasteiger partial charge in [-0.3, -0.25) is 0 Å². The molecule has 0 aliphatic heterocycles. The van der Waals surface area contributed by atoms with Gasteiger partial charge in [0.1, 0.15) is 0 Å². The summed E-state index contributed by atoms with van der Waals surface area (Å²) in [6.07, 6.45) is 0. The number of ether oxygens (including phenoxy) is 2. The highest BCUT2D eigenvalue weighted by Gasteiger charge is 2.15. The molecule has 1 aromatic heterocycles. The zero-order chi connectivity index (χ0) is 14.7. The van der Waals surface area contributed by atoms with E-state index >= 15 is 0 Å². The van der Waals surface area contributed by atoms with Crippen molar-refractivity contribution in [3.05, 3.63) is 28.2 Å². The van der Waals surface area contributed by atoms with Gasteiger partial charge in [0, 0.05) is 4.47 Å². The molecular formula is C11H9BrF2N4O2. The zero-order valence-electron chi connectivity index (χ0n) is 10.2. The number of aromatic nitrogens is 3. The van der Waals surface area contributed by atoms with Crippen molar-refractivity contribution in [1.82, 2.24) is 15.0 Å². The molecule has 2 N–H and O–H groups in total. The first-order valence-corrected chi connectivity index (χ1v) is 6.25. The van der Waals surface area contributed by atoms with Gasteiger partial charge in [0.05, 0.1) is 6.61 Å². The summed E-state index contributed by atoms with van der Waals surface area (Å²) in [5.41, 5.74) is 5.44. The molecule has 20 heavy (non-hydrogen) atoms. The van der Waals surface area contributed by atoms with Crippen LogP contribution in [-0.4, -0.2) is 21.6 Å². The Labute approximate surface area is 121 Å². The van der Waals surface area contributed by atoms with E-state index in [9.17, 15) is 8.78 Å². The standard InChI is InChI=1S/C11H9BrF2N4O2/c1-2-19-10-16-9(15)17-11(18-10)20-7-4-5(12)3-6(13)8(7)14/h3-4H,2H2,1H3,(H2,15,16,17,18). The number of halogens is 3. The Morgan fingerprint density at radius 2 is 1.90 bits per heavy atom. The van der Waals surface area contributed by atoms with Crippen molar-refractivity contribution in [1.29, 1.82) is 0 Å². The fourth-order valence-corrected chi connectivity index (χ4v) is 1.71. The highest BCUT2D eigenvalue weighted by atomic mass is 79.9. The lowest BCUT2D eigenvalue weighted by Crippen LogP contribution is -2.05. The second-order valence-corrected chi connectivity index (χ2v) is 4.41. The average Bonchev–Trinajstić information content (AvgIpc) is 2.35. The molecule has 0 unspecified atom stereocenters. The molecule has 9 heteroatoms. The molecule has 0 fully saturated rings. The Bertz CT molecular complexity index is 642. The minimum atomic E-state index is -1.16. The number of benzene rings is 1. The quantitative estimate of drug-likeness (QED) is 0.857. The van der Waals surface area contributed by atoms with Gasteiger partial charge in [-0.25, -0.2) is 4.39 Å². The van der Waals surface area contributed by atoms with Gasteiger partial charge in [0.25, 0.3) is 0 Å². The molecule has 0 bridgehead atoms. The third kappa shape index (κ3) is 3.29. The number of nitrogens with two attached hydrogens (primary N) is 1. The Morgan fingerprint density at radius 3 is 2.60 bits per heavy atom. The van der Waals surface area contributed by atoms with E-state index in [1.165, 1.54) is 6.07 Å². The summed E-state index contributed by atoms with van der Waals surface area (Å²) in [5, 5.41) is 0. The molecule has 1 aromatic carbocycles. The minimum absolute atomic E-state index is 0.0640. The summed E-state index contributed by atoms with van der Waals surface area (Å²) in [6, 6.07) is 1.84. The summed E-state index contributed by atoms with van der Waals surface area (Å²) >= 11 is 3.03. The largest absolute Gasteiger partial charge is 0.464 e. The van der Waals surface area contributed by atoms with Gasteiger partial charge < -0.3 is 15.2 Å². The van der Waals surface area contributed by atoms with Crippen LogP contribution in [0.1, 0.15) is 6.92 Å². The maximum atomic E-state index is 13.6. The summed E-state index contributed by atoms with van der Waals surface area (Å²) in [7, 11) is 0. The van der Waals surface area contributed by atoms with E-state index in [0.29, 0.717) is 11.1 Å². The van der Waals surface area contributed by atoms with Gasteiger partial charge in [0.15, 0.2) is 11.6 Å². The van der Waals surface area contributed by atoms with Crippen molar-refractivity contribution in [3.8, 4) is 17.8 Å². The molecule has 6 nitrogen and oxygen atoms in total. The lowest BCUT2D eigenvalue weighted by Gasteiger charge is -2.08. The smallest absolute Gasteiger partial charge is 0.330 e. The molecule has 0 atom stereocenters.